The highest BCUT2D eigenvalue weighted by Gasteiger charge is 2.15. The van der Waals surface area contributed by atoms with Crippen molar-refractivity contribution in [1.29, 1.82) is 0 Å². The Labute approximate surface area is 178 Å². The van der Waals surface area contributed by atoms with Crippen LogP contribution in [0.5, 0.6) is 11.5 Å². The van der Waals surface area contributed by atoms with Crippen LogP contribution in [0.4, 0.5) is 0 Å². The molecule has 1 saturated carbocycles. The van der Waals surface area contributed by atoms with Gasteiger partial charge in [0, 0.05) is 23.2 Å². The molecule has 28 heavy (non-hydrogen) atoms. The van der Waals surface area contributed by atoms with Gasteiger partial charge in [0.15, 0.2) is 11.5 Å². The predicted molar refractivity (Wildman–Crippen MR) is 117 cm³/mol. The zero-order valence-corrected chi connectivity index (χ0v) is 18.0. The van der Waals surface area contributed by atoms with Crippen LogP contribution in [-0.2, 0) is 13.2 Å². The minimum Gasteiger partial charge on any atom is -0.493 e. The average Bonchev–Trinajstić information content (AvgIpc) is 2.67. The van der Waals surface area contributed by atoms with E-state index in [0.29, 0.717) is 34.2 Å². The summed E-state index contributed by atoms with van der Waals surface area (Å²) in [7, 11) is 1.64. The number of hydrogen-bond acceptors (Lipinski definition) is 3. The fourth-order valence-electron chi connectivity index (χ4n) is 3.70. The van der Waals surface area contributed by atoms with Crippen LogP contribution in [0.15, 0.2) is 36.4 Å². The Hall–Kier alpha value is -1.42. The highest BCUT2D eigenvalue weighted by molar-refractivity contribution is 6.32. The highest BCUT2D eigenvalue weighted by atomic mass is 35.5. The van der Waals surface area contributed by atoms with Crippen molar-refractivity contribution in [2.45, 2.75) is 64.1 Å². The normalized spacial score (nSPS) is 15.7. The average molecular weight is 422 g/mol. The zero-order valence-electron chi connectivity index (χ0n) is 16.5. The van der Waals surface area contributed by atoms with Crippen LogP contribution in [0.25, 0.3) is 0 Å². The minimum absolute atomic E-state index is 0.343. The molecule has 5 heteroatoms. The van der Waals surface area contributed by atoms with Crippen LogP contribution in [0, 0.1) is 0 Å². The lowest BCUT2D eigenvalue weighted by Crippen LogP contribution is -2.29. The number of halogens is 2. The van der Waals surface area contributed by atoms with E-state index in [0.717, 1.165) is 17.7 Å². The Bertz CT molecular complexity index is 758. The molecule has 1 N–H and O–H groups in total. The summed E-state index contributed by atoms with van der Waals surface area (Å²) in [6.07, 6.45) is 9.24. The summed E-state index contributed by atoms with van der Waals surface area (Å²) in [6, 6.07) is 12.2. The molecule has 1 aliphatic carbocycles. The summed E-state index contributed by atoms with van der Waals surface area (Å²) in [4.78, 5) is 0. The first kappa shape index (κ1) is 21.3. The highest BCUT2D eigenvalue weighted by Crippen LogP contribution is 2.37. The summed E-state index contributed by atoms with van der Waals surface area (Å²) in [5.74, 6) is 1.20. The SMILES string of the molecule is COc1cc(CNC2CCCCCCC2)cc(Cl)c1OCc1ccccc1Cl. The molecule has 0 radical (unpaired) electrons. The maximum atomic E-state index is 6.52. The van der Waals surface area contributed by atoms with E-state index in [1.807, 2.05) is 36.4 Å². The van der Waals surface area contributed by atoms with Gasteiger partial charge in [0.25, 0.3) is 0 Å². The van der Waals surface area contributed by atoms with Gasteiger partial charge in [-0.25, -0.2) is 0 Å². The minimum atomic E-state index is 0.343. The summed E-state index contributed by atoms with van der Waals surface area (Å²) in [6.45, 7) is 1.13. The van der Waals surface area contributed by atoms with Gasteiger partial charge in [0.1, 0.15) is 6.61 Å². The van der Waals surface area contributed by atoms with E-state index in [4.69, 9.17) is 32.7 Å². The third-order valence-electron chi connectivity index (χ3n) is 5.32. The Morgan fingerprint density at radius 2 is 1.68 bits per heavy atom. The van der Waals surface area contributed by atoms with Gasteiger partial charge in [-0.1, -0.05) is 73.5 Å². The van der Waals surface area contributed by atoms with Crippen LogP contribution >= 0.6 is 23.2 Å². The lowest BCUT2D eigenvalue weighted by molar-refractivity contribution is 0.284. The molecule has 0 saturated heterocycles. The zero-order chi connectivity index (χ0) is 19.8. The van der Waals surface area contributed by atoms with Crippen molar-refractivity contribution >= 4 is 23.2 Å². The van der Waals surface area contributed by atoms with Crippen LogP contribution in [0.3, 0.4) is 0 Å². The smallest absolute Gasteiger partial charge is 0.180 e. The van der Waals surface area contributed by atoms with Crippen molar-refractivity contribution < 1.29 is 9.47 Å². The van der Waals surface area contributed by atoms with Gasteiger partial charge in [-0.15, -0.1) is 0 Å². The van der Waals surface area contributed by atoms with E-state index in [-0.39, 0.29) is 0 Å². The van der Waals surface area contributed by atoms with Crippen LogP contribution in [0.2, 0.25) is 10.0 Å². The second kappa shape index (κ2) is 10.9. The quantitative estimate of drug-likeness (QED) is 0.533. The second-order valence-corrected chi connectivity index (χ2v) is 8.23. The van der Waals surface area contributed by atoms with Gasteiger partial charge in [0.2, 0.25) is 0 Å². The molecule has 0 heterocycles. The van der Waals surface area contributed by atoms with Crippen LogP contribution in [-0.4, -0.2) is 13.2 Å². The van der Waals surface area contributed by atoms with Crippen molar-refractivity contribution in [3.63, 3.8) is 0 Å². The Morgan fingerprint density at radius 3 is 2.39 bits per heavy atom. The maximum Gasteiger partial charge on any atom is 0.180 e. The third kappa shape index (κ3) is 6.04. The molecule has 1 aliphatic rings. The molecule has 0 atom stereocenters. The maximum absolute atomic E-state index is 6.52. The fraction of sp³-hybridized carbons (Fsp3) is 0.478. The molecule has 1 fully saturated rings. The van der Waals surface area contributed by atoms with E-state index >= 15 is 0 Å². The number of nitrogens with one attached hydrogen (secondary N) is 1. The first-order valence-electron chi connectivity index (χ1n) is 10.1. The molecule has 0 aromatic heterocycles. The third-order valence-corrected chi connectivity index (χ3v) is 5.97. The molecule has 0 aliphatic heterocycles. The number of hydrogen-bond donors (Lipinski definition) is 1. The van der Waals surface area contributed by atoms with E-state index in [9.17, 15) is 0 Å². The summed E-state index contributed by atoms with van der Waals surface area (Å²) in [5, 5.41) is 4.93. The largest absolute Gasteiger partial charge is 0.493 e. The van der Waals surface area contributed by atoms with E-state index in [2.05, 4.69) is 5.32 Å². The van der Waals surface area contributed by atoms with Crippen LogP contribution < -0.4 is 14.8 Å². The molecule has 3 nitrogen and oxygen atoms in total. The second-order valence-electron chi connectivity index (χ2n) is 7.41. The Kier molecular flexibility index (Phi) is 8.32. The van der Waals surface area contributed by atoms with Crippen molar-refractivity contribution in [2.75, 3.05) is 7.11 Å². The number of rotatable bonds is 7. The first-order valence-corrected chi connectivity index (χ1v) is 10.9. The standard InChI is InChI=1S/C23H29Cl2NO2/c1-27-22-14-17(15-26-19-10-5-3-2-4-6-11-19)13-21(25)23(22)28-16-18-9-7-8-12-20(18)24/h7-9,12-14,19,26H,2-6,10-11,15-16H2,1H3. The van der Waals surface area contributed by atoms with Gasteiger partial charge >= 0.3 is 0 Å². The van der Waals surface area contributed by atoms with Gasteiger partial charge in [0.05, 0.1) is 12.1 Å². The Morgan fingerprint density at radius 1 is 0.964 bits per heavy atom. The topological polar surface area (TPSA) is 30.5 Å². The first-order chi connectivity index (χ1) is 13.7. The molecule has 0 unspecified atom stereocenters. The molecule has 152 valence electrons. The van der Waals surface area contributed by atoms with Crippen molar-refractivity contribution in [3.05, 3.63) is 57.6 Å². The summed E-state index contributed by atoms with van der Waals surface area (Å²) < 4.78 is 11.5. The summed E-state index contributed by atoms with van der Waals surface area (Å²) >= 11 is 12.7. The number of ether oxygens (including phenoxy) is 2. The summed E-state index contributed by atoms with van der Waals surface area (Å²) in [5.41, 5.74) is 2.02. The lowest BCUT2D eigenvalue weighted by Gasteiger charge is -2.21. The van der Waals surface area contributed by atoms with E-state index < -0.39 is 0 Å². The molecule has 0 amide bonds. The molecule has 3 rings (SSSR count). The lowest BCUT2D eigenvalue weighted by atomic mass is 9.96. The fourth-order valence-corrected chi connectivity index (χ4v) is 4.18. The molecule has 2 aromatic rings. The number of methoxy groups -OCH3 is 1. The monoisotopic (exact) mass is 421 g/mol. The van der Waals surface area contributed by atoms with E-state index in [1.54, 1.807) is 7.11 Å². The van der Waals surface area contributed by atoms with Gasteiger partial charge in [-0.05, 0) is 36.6 Å². The molecular weight excluding hydrogens is 393 g/mol. The molecular formula is C23H29Cl2NO2. The van der Waals surface area contributed by atoms with E-state index in [1.165, 1.54) is 44.9 Å². The Balaban J connectivity index is 1.64. The van der Waals surface area contributed by atoms with Crippen LogP contribution in [0.1, 0.15) is 56.1 Å². The van der Waals surface area contributed by atoms with Crippen molar-refractivity contribution in [3.8, 4) is 11.5 Å². The molecule has 0 spiro atoms. The van der Waals surface area contributed by atoms with Gasteiger partial charge < -0.3 is 14.8 Å². The predicted octanol–water partition coefficient (Wildman–Crippen LogP) is 6.78. The van der Waals surface area contributed by atoms with Gasteiger partial charge in [-0.2, -0.15) is 0 Å². The molecule has 0 bridgehead atoms. The van der Waals surface area contributed by atoms with Gasteiger partial charge in [-0.3, -0.25) is 0 Å². The van der Waals surface area contributed by atoms with Crippen molar-refractivity contribution in [2.24, 2.45) is 0 Å². The van der Waals surface area contributed by atoms with Crippen molar-refractivity contribution in [1.82, 2.24) is 5.32 Å². The number of benzene rings is 2. The molecule has 2 aromatic carbocycles.